The van der Waals surface area contributed by atoms with Gasteiger partial charge in [-0.2, -0.15) is 0 Å². The third kappa shape index (κ3) is 8.41. The normalized spacial score (nSPS) is 12.8. The fraction of sp³-hybridized carbons (Fsp3) is 0.462. The lowest BCUT2D eigenvalue weighted by molar-refractivity contribution is -0.903. The van der Waals surface area contributed by atoms with Crippen LogP contribution in [0.2, 0.25) is 0 Å². The van der Waals surface area contributed by atoms with Crippen molar-refractivity contribution in [1.29, 1.82) is 0 Å². The Labute approximate surface area is 132 Å². The summed E-state index contributed by atoms with van der Waals surface area (Å²) in [5.74, 6) is -0.906. The van der Waals surface area contributed by atoms with Crippen LogP contribution in [0.1, 0.15) is 24.8 Å². The van der Waals surface area contributed by atoms with Gasteiger partial charge in [0, 0.05) is 24.1 Å². The monoisotopic (exact) mass is 347 g/mol. The minimum Gasteiger partial charge on any atom is -0.481 e. The molecule has 0 aliphatic rings. The second-order valence-electron chi connectivity index (χ2n) is 5.27. The van der Waals surface area contributed by atoms with Crippen LogP contribution in [-0.2, 0) is 15.9 Å². The summed E-state index contributed by atoms with van der Waals surface area (Å²) in [4.78, 5) is 39.4. The molecule has 1 unspecified atom stereocenters. The summed E-state index contributed by atoms with van der Waals surface area (Å²) in [6, 6.07) is 5.79. The van der Waals surface area contributed by atoms with Crippen LogP contribution >= 0.6 is 7.60 Å². The van der Waals surface area contributed by atoms with E-state index >= 15 is 0 Å². The zero-order valence-electron chi connectivity index (χ0n) is 12.4. The number of rotatable bonds is 10. The highest BCUT2D eigenvalue weighted by molar-refractivity contribution is 7.51. The first kappa shape index (κ1) is 19.2. The first-order chi connectivity index (χ1) is 10.7. The van der Waals surface area contributed by atoms with Gasteiger partial charge in [0.15, 0.2) is 6.29 Å². The molecular weight excluding hydrogens is 327 g/mol. The van der Waals surface area contributed by atoms with Crippen molar-refractivity contribution in [1.82, 2.24) is 0 Å². The number of nitro groups is 1. The molecule has 1 aromatic rings. The van der Waals surface area contributed by atoms with Crippen molar-refractivity contribution in [2.45, 2.75) is 25.8 Å². The molecule has 0 bridgehead atoms. The number of hydrogen-bond acceptors (Lipinski definition) is 4. The second kappa shape index (κ2) is 8.73. The van der Waals surface area contributed by atoms with E-state index in [0.717, 1.165) is 5.56 Å². The smallest absolute Gasteiger partial charge is 0.379 e. The highest BCUT2D eigenvalue weighted by Gasteiger charge is 2.23. The molecule has 0 saturated heterocycles. The first-order valence-corrected chi connectivity index (χ1v) is 8.80. The van der Waals surface area contributed by atoms with Crippen LogP contribution in [0.25, 0.3) is 0 Å². The highest BCUT2D eigenvalue weighted by atomic mass is 31.2. The number of hydrogen-bond donors (Lipinski definition) is 4. The molecular formula is C13H20N2O7P+. The standard InChI is InChI=1S/C13H19N2O7P/c16-13(17)3-1-2-8-14(10-23(20,21)22)9-11-4-6-12(7-5-11)15(18)19/h4-7H,1-3,8-10H2,(H,16,17)(H2,20,21,22)/p+1. The number of unbranched alkanes of at least 4 members (excludes halogenated alkanes) is 1. The van der Waals surface area contributed by atoms with Crippen molar-refractivity contribution in [3.63, 3.8) is 0 Å². The summed E-state index contributed by atoms with van der Waals surface area (Å²) in [6.07, 6.45) is 0.604. The predicted octanol–water partition coefficient (Wildman–Crippen LogP) is 0.370. The van der Waals surface area contributed by atoms with Gasteiger partial charge in [0.05, 0.1) is 11.5 Å². The van der Waals surface area contributed by atoms with Gasteiger partial charge in [-0.15, -0.1) is 0 Å². The molecule has 0 saturated carbocycles. The number of nitrogens with zero attached hydrogens (tertiary/aromatic N) is 1. The molecule has 23 heavy (non-hydrogen) atoms. The van der Waals surface area contributed by atoms with Gasteiger partial charge in [0.25, 0.3) is 5.69 Å². The van der Waals surface area contributed by atoms with Crippen molar-refractivity contribution in [2.75, 3.05) is 12.8 Å². The molecule has 0 amide bonds. The summed E-state index contributed by atoms with van der Waals surface area (Å²) in [5, 5.41) is 19.2. The van der Waals surface area contributed by atoms with Gasteiger partial charge in [0.2, 0.25) is 0 Å². The number of carbonyl (C=O) groups is 1. The molecule has 4 N–H and O–H groups in total. The molecule has 0 aliphatic carbocycles. The van der Waals surface area contributed by atoms with Crippen LogP contribution in [0.15, 0.2) is 24.3 Å². The Balaban J connectivity index is 2.65. The molecule has 0 spiro atoms. The van der Waals surface area contributed by atoms with Crippen LogP contribution in [0.4, 0.5) is 5.69 Å². The Morgan fingerprint density at radius 1 is 1.22 bits per heavy atom. The van der Waals surface area contributed by atoms with E-state index in [1.807, 2.05) is 0 Å². The lowest BCUT2D eigenvalue weighted by Crippen LogP contribution is -3.10. The molecule has 0 fully saturated rings. The van der Waals surface area contributed by atoms with Crippen LogP contribution < -0.4 is 4.90 Å². The SMILES string of the molecule is O=C(O)CCCC[NH+](Cc1ccc([N+](=O)[O-])cc1)CP(=O)(O)O. The van der Waals surface area contributed by atoms with Gasteiger partial charge in [-0.1, -0.05) is 0 Å². The fourth-order valence-electron chi connectivity index (χ4n) is 2.19. The second-order valence-corrected chi connectivity index (χ2v) is 6.92. The van der Waals surface area contributed by atoms with Crippen molar-refractivity contribution < 1.29 is 34.1 Å². The number of carboxylic acid groups (broad SMARTS) is 1. The summed E-state index contributed by atoms with van der Waals surface area (Å²) >= 11 is 0. The lowest BCUT2D eigenvalue weighted by atomic mass is 10.2. The molecule has 10 heteroatoms. The van der Waals surface area contributed by atoms with Gasteiger partial charge in [-0.05, 0) is 25.0 Å². The Morgan fingerprint density at radius 3 is 2.30 bits per heavy atom. The largest absolute Gasteiger partial charge is 0.481 e. The van der Waals surface area contributed by atoms with E-state index in [4.69, 9.17) is 14.9 Å². The van der Waals surface area contributed by atoms with Gasteiger partial charge >= 0.3 is 13.6 Å². The number of quaternary nitrogens is 1. The molecule has 0 aliphatic heterocycles. The van der Waals surface area contributed by atoms with Crippen LogP contribution in [0.3, 0.4) is 0 Å². The van der Waals surface area contributed by atoms with Gasteiger partial charge in [0.1, 0.15) is 6.54 Å². The zero-order valence-corrected chi connectivity index (χ0v) is 13.3. The first-order valence-electron chi connectivity index (χ1n) is 7.00. The number of nitro benzene ring substituents is 1. The number of benzene rings is 1. The van der Waals surface area contributed by atoms with Gasteiger partial charge in [-0.3, -0.25) is 19.5 Å². The lowest BCUT2D eigenvalue weighted by Gasteiger charge is -2.20. The molecule has 128 valence electrons. The van der Waals surface area contributed by atoms with Gasteiger partial charge < -0.3 is 19.8 Å². The maximum absolute atomic E-state index is 11.2. The predicted molar refractivity (Wildman–Crippen MR) is 81.0 cm³/mol. The van der Waals surface area contributed by atoms with Crippen molar-refractivity contribution in [3.05, 3.63) is 39.9 Å². The van der Waals surface area contributed by atoms with Gasteiger partial charge in [-0.25, -0.2) is 0 Å². The maximum Gasteiger partial charge on any atom is 0.379 e. The summed E-state index contributed by atoms with van der Waals surface area (Å²) in [6.45, 7) is 0.714. The molecule has 0 radical (unpaired) electrons. The van der Waals surface area contributed by atoms with Crippen molar-refractivity contribution in [3.8, 4) is 0 Å². The highest BCUT2D eigenvalue weighted by Crippen LogP contribution is 2.30. The topological polar surface area (TPSA) is 142 Å². The number of non-ortho nitro benzene ring substituents is 1. The fourth-order valence-corrected chi connectivity index (χ4v) is 3.04. The molecule has 0 heterocycles. The Bertz CT molecular complexity index is 584. The quantitative estimate of drug-likeness (QED) is 0.207. The van der Waals surface area contributed by atoms with E-state index in [1.54, 1.807) is 12.1 Å². The Morgan fingerprint density at radius 2 is 1.83 bits per heavy atom. The number of nitrogens with one attached hydrogen (secondary N) is 1. The van der Waals surface area contributed by atoms with Crippen LogP contribution in [-0.4, -0.2) is 38.6 Å². The van der Waals surface area contributed by atoms with Crippen LogP contribution in [0.5, 0.6) is 0 Å². The molecule has 0 aromatic heterocycles. The maximum atomic E-state index is 11.2. The Hall–Kier alpha value is -1.80. The van der Waals surface area contributed by atoms with E-state index < -0.39 is 18.5 Å². The van der Waals surface area contributed by atoms with E-state index in [1.165, 1.54) is 12.1 Å². The average Bonchev–Trinajstić information content (AvgIpc) is 2.42. The molecule has 1 rings (SSSR count). The van der Waals surface area contributed by atoms with E-state index in [0.29, 0.717) is 30.8 Å². The average molecular weight is 347 g/mol. The van der Waals surface area contributed by atoms with Crippen molar-refractivity contribution >= 4 is 19.3 Å². The zero-order chi connectivity index (χ0) is 17.5. The summed E-state index contributed by atoms with van der Waals surface area (Å²) in [5.41, 5.74) is 0.670. The third-order valence-electron chi connectivity index (χ3n) is 3.20. The third-order valence-corrected chi connectivity index (χ3v) is 4.06. The molecule has 1 aromatic carbocycles. The summed E-state index contributed by atoms with van der Waals surface area (Å²) < 4.78 is 11.2. The number of carboxylic acids is 1. The minimum absolute atomic E-state index is 0.0146. The van der Waals surface area contributed by atoms with E-state index in [9.17, 15) is 19.5 Å². The van der Waals surface area contributed by atoms with Crippen molar-refractivity contribution in [2.24, 2.45) is 0 Å². The minimum atomic E-state index is -4.21. The Kier molecular flexibility index (Phi) is 7.31. The summed E-state index contributed by atoms with van der Waals surface area (Å²) in [7, 11) is -4.21. The van der Waals surface area contributed by atoms with E-state index in [2.05, 4.69) is 0 Å². The molecule has 9 nitrogen and oxygen atoms in total. The molecule has 1 atom stereocenters. The number of aliphatic carboxylic acids is 1. The van der Waals surface area contributed by atoms with Crippen LogP contribution in [0, 0.1) is 10.1 Å². The van der Waals surface area contributed by atoms with E-state index in [-0.39, 0.29) is 18.4 Å².